The number of para-hydroxylation sites is 1. The molecule has 4 bridgehead atoms. The molecular formula is C83H90N8O20S. The van der Waals surface area contributed by atoms with E-state index >= 15 is 0 Å². The number of aromatic nitrogens is 4. The molecule has 7 aliphatic rings. The van der Waals surface area contributed by atoms with Gasteiger partial charge in [0, 0.05) is 100 Å². The van der Waals surface area contributed by atoms with Crippen LogP contribution in [0, 0.1) is 23.2 Å². The van der Waals surface area contributed by atoms with E-state index in [1.54, 1.807) is 25.4 Å². The van der Waals surface area contributed by atoms with Crippen molar-refractivity contribution in [2.24, 2.45) is 16.2 Å². The minimum atomic E-state index is -1.73. The van der Waals surface area contributed by atoms with Gasteiger partial charge in [0.1, 0.15) is 37.1 Å². The van der Waals surface area contributed by atoms with Gasteiger partial charge in [0.25, 0.3) is 5.91 Å². The van der Waals surface area contributed by atoms with Crippen molar-refractivity contribution in [2.45, 2.75) is 148 Å². The summed E-state index contributed by atoms with van der Waals surface area (Å²) in [5.74, 6) is -4.54. The third kappa shape index (κ3) is 16.8. The Morgan fingerprint density at radius 3 is 2.14 bits per heavy atom. The normalized spacial score (nSPS) is 23.2. The second kappa shape index (κ2) is 32.4. The molecule has 5 heterocycles. The summed E-state index contributed by atoms with van der Waals surface area (Å²) in [6.45, 7) is 11.8. The average molecular weight is 1550 g/mol. The van der Waals surface area contributed by atoms with Crippen molar-refractivity contribution >= 4 is 80.4 Å². The molecule has 28 nitrogen and oxygen atoms in total. The molecule has 0 spiro atoms. The van der Waals surface area contributed by atoms with Crippen molar-refractivity contribution in [3.8, 4) is 33.8 Å². The molecule has 112 heavy (non-hydrogen) atoms. The van der Waals surface area contributed by atoms with Crippen LogP contribution in [0.2, 0.25) is 0 Å². The zero-order chi connectivity index (χ0) is 78.8. The first-order valence-electron chi connectivity index (χ1n) is 37.4. The quantitative estimate of drug-likeness (QED) is 0.0233. The number of anilines is 2. The summed E-state index contributed by atoms with van der Waals surface area (Å²) >= 11 is 1.41. The number of thiazole rings is 1. The number of carboxylic acid groups (broad SMARTS) is 1. The zero-order valence-electron chi connectivity index (χ0n) is 63.6. The summed E-state index contributed by atoms with van der Waals surface area (Å²) in [6.07, 6.45) is -1.83. The number of pyridine rings is 1. The number of esters is 4. The number of methoxy groups -OCH3 is 1. The van der Waals surface area contributed by atoms with Gasteiger partial charge in [0.2, 0.25) is 12.4 Å². The van der Waals surface area contributed by atoms with E-state index in [-0.39, 0.29) is 98.0 Å². The highest BCUT2D eigenvalue weighted by Crippen LogP contribution is 2.72. The molecule has 3 amide bonds. The maximum Gasteiger partial charge on any atom is 0.409 e. The number of hydrogen-bond donors (Lipinski definition) is 3. The zero-order valence-corrected chi connectivity index (χ0v) is 64.4. The van der Waals surface area contributed by atoms with Gasteiger partial charge in [0.15, 0.2) is 29.1 Å². The number of aromatic carboxylic acids is 1. The fraction of sp³-hybridized carbons (Fsp3) is 0.434. The van der Waals surface area contributed by atoms with Gasteiger partial charge in [-0.2, -0.15) is 5.10 Å². The van der Waals surface area contributed by atoms with Crippen molar-refractivity contribution in [3.63, 3.8) is 0 Å². The largest absolute Gasteiger partial charge is 0.491 e. The second-order valence-corrected chi connectivity index (χ2v) is 31.7. The van der Waals surface area contributed by atoms with Crippen LogP contribution in [0.25, 0.3) is 32.5 Å². The Kier molecular flexibility index (Phi) is 22.5. The predicted molar refractivity (Wildman–Crippen MR) is 408 cm³/mol. The summed E-state index contributed by atoms with van der Waals surface area (Å²) in [5, 5.41) is 22.0. The molecule has 5 fully saturated rings. The Bertz CT molecular complexity index is 4850. The minimum absolute atomic E-state index is 0.0152. The fourth-order valence-electron chi connectivity index (χ4n) is 18.5. The SMILES string of the molecule is COC(=O)[C@H]1O[C@@H](Oc2ccc(COC(=O)N(C)CCOC34CC5(C)CC(C)(CC(Cn6ncc(-c7ccc(N8CCc9cccc(C(=O)Nc%10nc%11ccccc%11s%10)c9C8)nc7C(=O)O)c6C)(C5)C3)C4)c(OCCOCCNC(=O)OCC3c4ccccc4-c4ccccc43)c2)[C@H](OC(C)=O)[C@@H](OC(C)=O)[C@@H]1OC(C)=O. The molecule has 7 atom stereocenters. The highest BCUT2D eigenvalue weighted by atomic mass is 32.1. The van der Waals surface area contributed by atoms with Gasteiger partial charge in [-0.3, -0.25) is 29.2 Å². The molecule has 5 aromatic carbocycles. The molecule has 29 heteroatoms. The van der Waals surface area contributed by atoms with E-state index in [2.05, 4.69) is 41.6 Å². The highest BCUT2D eigenvalue weighted by molar-refractivity contribution is 7.22. The molecule has 1 saturated heterocycles. The molecule has 588 valence electrons. The van der Waals surface area contributed by atoms with Crippen LogP contribution in [0.15, 0.2) is 128 Å². The van der Waals surface area contributed by atoms with Gasteiger partial charge in [0.05, 0.1) is 48.9 Å². The third-order valence-corrected chi connectivity index (χ3v) is 22.9. The summed E-state index contributed by atoms with van der Waals surface area (Å²) in [4.78, 5) is 118. The van der Waals surface area contributed by atoms with Crippen molar-refractivity contribution in [3.05, 3.63) is 172 Å². The Morgan fingerprint density at radius 1 is 0.723 bits per heavy atom. The number of nitrogens with zero attached hydrogens (tertiary/aromatic N) is 6. The van der Waals surface area contributed by atoms with Crippen LogP contribution < -0.4 is 25.0 Å². The number of fused-ring (bicyclic) bond motifs is 5. The van der Waals surface area contributed by atoms with Crippen LogP contribution >= 0.6 is 11.3 Å². The van der Waals surface area contributed by atoms with Gasteiger partial charge < -0.3 is 72.3 Å². The first kappa shape index (κ1) is 77.7. The monoisotopic (exact) mass is 1550 g/mol. The van der Waals surface area contributed by atoms with Crippen LogP contribution in [0.3, 0.4) is 0 Å². The molecule has 3 aromatic heterocycles. The summed E-state index contributed by atoms with van der Waals surface area (Å²) in [7, 11) is 2.70. The molecule has 15 rings (SSSR count). The lowest BCUT2D eigenvalue weighted by Gasteiger charge is -2.69. The number of carboxylic acids is 1. The van der Waals surface area contributed by atoms with Gasteiger partial charge in [-0.1, -0.05) is 98.0 Å². The Balaban J connectivity index is 0.616. The number of carbonyl (C=O) groups is 8. The molecular weight excluding hydrogens is 1460 g/mol. The van der Waals surface area contributed by atoms with Crippen LogP contribution in [-0.2, 0) is 87.9 Å². The lowest BCUT2D eigenvalue weighted by atomic mass is 9.39. The molecule has 2 aliphatic heterocycles. The summed E-state index contributed by atoms with van der Waals surface area (Å²) < 4.78 is 67.7. The number of nitrogens with one attached hydrogen (secondary N) is 2. The molecule has 0 radical (unpaired) electrons. The topological polar surface area (TPSA) is 332 Å². The van der Waals surface area contributed by atoms with Crippen LogP contribution in [0.1, 0.15) is 133 Å². The minimum Gasteiger partial charge on any atom is -0.491 e. The standard InChI is InChI=1S/C83H90N8O20S/c1-48-61(59-26-27-67(87-68(59)74(96)97)90-30-28-52-16-15-21-60(62(52)38-90)73(95)88-77-86-64-22-13-14-23-66(64)112-77)37-85-91(48)47-82-42-80(5)41-81(6,43-82)45-83(44-80,46-82)106-33-31-89(7)79(100)105-39-53-24-25-54(110-76-72(109-51(4)94)70(108-50(3)93)69(107-49(2)92)71(111-76)75(98)101-8)36-65(53)103-35-34-102-32-29-84-78(99)104-40-63-57-19-11-9-17-55(57)56-18-10-12-20-58(56)63/h9-27,36-37,63,69-72,76H,28-35,38-47H2,1-8H3,(H,84,99)(H,96,97)(H,86,88,95)/t69-,70-,71-,72+,76+,80?,81?,82?,83?/m0/s1. The van der Waals surface area contributed by atoms with E-state index in [0.29, 0.717) is 59.3 Å². The van der Waals surface area contributed by atoms with Crippen LogP contribution in [0.4, 0.5) is 20.5 Å². The number of ether oxygens (including phenoxy) is 11. The van der Waals surface area contributed by atoms with E-state index in [1.165, 1.54) is 28.4 Å². The van der Waals surface area contributed by atoms with Gasteiger partial charge in [-0.25, -0.2) is 29.1 Å². The first-order chi connectivity index (χ1) is 53.8. The number of likely N-dealkylation sites (N-methyl/N-ethyl adjacent to an activating group) is 1. The number of benzene rings is 5. The summed E-state index contributed by atoms with van der Waals surface area (Å²) in [6, 6.07) is 37.7. The van der Waals surface area contributed by atoms with Crippen LogP contribution in [-0.4, -0.2) is 181 Å². The number of hydrogen-bond acceptors (Lipinski definition) is 24. The maximum atomic E-state index is 14.0. The molecule has 4 saturated carbocycles. The lowest BCUT2D eigenvalue weighted by molar-refractivity contribution is -0.282. The number of carbonyl (C=O) groups excluding carboxylic acids is 7. The van der Waals surface area contributed by atoms with E-state index < -0.39 is 78.3 Å². The smallest absolute Gasteiger partial charge is 0.409 e. The number of amides is 3. The van der Waals surface area contributed by atoms with Crippen molar-refractivity contribution < 1.29 is 95.6 Å². The van der Waals surface area contributed by atoms with Gasteiger partial charge >= 0.3 is 42.0 Å². The summed E-state index contributed by atoms with van der Waals surface area (Å²) in [5.41, 5.74) is 8.96. The number of rotatable bonds is 28. The van der Waals surface area contributed by atoms with Gasteiger partial charge in [-0.15, -0.1) is 0 Å². The fourth-order valence-corrected chi connectivity index (χ4v) is 19.4. The van der Waals surface area contributed by atoms with E-state index in [9.17, 15) is 43.5 Å². The van der Waals surface area contributed by atoms with Crippen molar-refractivity contribution in [1.29, 1.82) is 0 Å². The maximum absolute atomic E-state index is 14.0. The van der Waals surface area contributed by atoms with Crippen molar-refractivity contribution in [1.82, 2.24) is 30.0 Å². The average Bonchev–Trinajstić information content (AvgIpc) is 0.764. The van der Waals surface area contributed by atoms with E-state index in [1.807, 2.05) is 101 Å². The Labute approximate surface area is 650 Å². The van der Waals surface area contributed by atoms with Gasteiger partial charge in [-0.05, 0) is 144 Å². The third-order valence-electron chi connectivity index (χ3n) is 21.9. The van der Waals surface area contributed by atoms with E-state index in [4.69, 9.17) is 62.2 Å². The molecule has 8 aromatic rings. The molecule has 5 aliphatic carbocycles. The Hall–Kier alpha value is -11.0. The first-order valence-corrected chi connectivity index (χ1v) is 38.2. The van der Waals surface area contributed by atoms with E-state index in [0.717, 1.165) is 116 Å². The molecule has 3 N–H and O–H groups in total. The highest BCUT2D eigenvalue weighted by Gasteiger charge is 2.66. The lowest BCUT2D eigenvalue weighted by Crippen LogP contribution is -2.64. The van der Waals surface area contributed by atoms with Crippen LogP contribution in [0.5, 0.6) is 11.5 Å². The predicted octanol–water partition coefficient (Wildman–Crippen LogP) is 11.8. The van der Waals surface area contributed by atoms with Crippen molar-refractivity contribution in [2.75, 3.05) is 77.0 Å². The molecule has 2 unspecified atom stereocenters. The Morgan fingerprint density at radius 2 is 1.43 bits per heavy atom. The number of alkyl carbamates (subject to hydrolysis) is 1. The second-order valence-electron chi connectivity index (χ2n) is 30.7.